The van der Waals surface area contributed by atoms with Crippen LogP contribution in [0.5, 0.6) is 11.5 Å². The lowest BCUT2D eigenvalue weighted by molar-refractivity contribution is 0.242. The molecule has 0 radical (unpaired) electrons. The maximum absolute atomic E-state index is 6.49. The van der Waals surface area contributed by atoms with Crippen LogP contribution in [0.4, 0.5) is 0 Å². The zero-order valence-corrected chi connectivity index (χ0v) is 19.3. The first-order chi connectivity index (χ1) is 14.8. The molecule has 160 valence electrons. The van der Waals surface area contributed by atoms with Gasteiger partial charge >= 0.3 is 0 Å². The van der Waals surface area contributed by atoms with Gasteiger partial charge in [-0.3, -0.25) is 4.40 Å². The van der Waals surface area contributed by atoms with E-state index in [1.165, 1.54) is 0 Å². The summed E-state index contributed by atoms with van der Waals surface area (Å²) < 4.78 is 13.7. The number of halogens is 1. The molecule has 31 heavy (non-hydrogen) atoms. The van der Waals surface area contributed by atoms with Gasteiger partial charge < -0.3 is 9.47 Å². The van der Waals surface area contributed by atoms with Crippen molar-refractivity contribution < 1.29 is 9.47 Å². The SMILES string of the molecule is Cc1cc2ncc(-c3ccc(OC(C)C)cc3)n2cc1-c1ccc(OC(C)C)c(Cl)c1. The third-order valence-electron chi connectivity index (χ3n) is 4.98. The second-order valence-electron chi connectivity index (χ2n) is 8.24. The second-order valence-corrected chi connectivity index (χ2v) is 8.65. The van der Waals surface area contributed by atoms with Crippen LogP contribution < -0.4 is 9.47 Å². The van der Waals surface area contributed by atoms with Crippen LogP contribution in [0.2, 0.25) is 5.02 Å². The monoisotopic (exact) mass is 434 g/mol. The summed E-state index contributed by atoms with van der Waals surface area (Å²) in [5, 5.41) is 0.609. The number of imidazole rings is 1. The highest BCUT2D eigenvalue weighted by molar-refractivity contribution is 6.32. The number of nitrogens with zero attached hydrogens (tertiary/aromatic N) is 2. The largest absolute Gasteiger partial charge is 0.491 e. The molecule has 0 saturated carbocycles. The van der Waals surface area contributed by atoms with Gasteiger partial charge in [0.15, 0.2) is 0 Å². The standard InChI is InChI=1S/C26H27ClN2O2/c1-16(2)30-21-9-6-19(7-10-21)24-14-28-26-12-18(5)22(15-29(24)26)20-8-11-25(23(27)13-20)31-17(3)4/h6-17H,1-5H3. The van der Waals surface area contributed by atoms with Crippen LogP contribution >= 0.6 is 11.6 Å². The summed E-state index contributed by atoms with van der Waals surface area (Å²) in [7, 11) is 0. The Morgan fingerprint density at radius 2 is 1.55 bits per heavy atom. The summed E-state index contributed by atoms with van der Waals surface area (Å²) >= 11 is 6.49. The molecular weight excluding hydrogens is 408 g/mol. The molecule has 5 heteroatoms. The van der Waals surface area contributed by atoms with E-state index in [0.29, 0.717) is 10.8 Å². The number of pyridine rings is 1. The van der Waals surface area contributed by atoms with Crippen LogP contribution in [0, 0.1) is 6.92 Å². The van der Waals surface area contributed by atoms with E-state index in [0.717, 1.165) is 39.3 Å². The minimum Gasteiger partial charge on any atom is -0.491 e. The topological polar surface area (TPSA) is 35.8 Å². The Balaban J connectivity index is 1.74. The van der Waals surface area contributed by atoms with Crippen molar-refractivity contribution in [2.24, 2.45) is 0 Å². The van der Waals surface area contributed by atoms with Crippen molar-refractivity contribution in [3.63, 3.8) is 0 Å². The van der Waals surface area contributed by atoms with Crippen molar-refractivity contribution in [2.45, 2.75) is 46.8 Å². The Labute approximate surface area is 188 Å². The van der Waals surface area contributed by atoms with E-state index < -0.39 is 0 Å². The summed E-state index contributed by atoms with van der Waals surface area (Å²) in [6, 6.07) is 16.2. The molecule has 0 atom stereocenters. The fraction of sp³-hybridized carbons (Fsp3) is 0.269. The summed E-state index contributed by atoms with van der Waals surface area (Å²) in [5.41, 5.74) is 6.30. The lowest BCUT2D eigenvalue weighted by Crippen LogP contribution is -2.05. The van der Waals surface area contributed by atoms with Crippen LogP contribution in [-0.2, 0) is 0 Å². The van der Waals surface area contributed by atoms with Gasteiger partial charge in [0, 0.05) is 17.3 Å². The summed E-state index contributed by atoms with van der Waals surface area (Å²) in [6.07, 6.45) is 4.26. The molecule has 2 heterocycles. The number of hydrogen-bond donors (Lipinski definition) is 0. The first-order valence-electron chi connectivity index (χ1n) is 10.5. The first kappa shape index (κ1) is 21.3. The van der Waals surface area contributed by atoms with Crippen molar-refractivity contribution >= 4 is 17.2 Å². The van der Waals surface area contributed by atoms with Gasteiger partial charge in [-0.2, -0.15) is 0 Å². The summed E-state index contributed by atoms with van der Waals surface area (Å²) in [5.74, 6) is 1.56. The van der Waals surface area contributed by atoms with E-state index in [1.807, 2.05) is 64.2 Å². The Morgan fingerprint density at radius 3 is 2.19 bits per heavy atom. The Bertz CT molecular complexity index is 1210. The maximum atomic E-state index is 6.49. The van der Waals surface area contributed by atoms with E-state index in [4.69, 9.17) is 21.1 Å². The highest BCUT2D eigenvalue weighted by Crippen LogP contribution is 2.34. The molecule has 0 aliphatic heterocycles. The van der Waals surface area contributed by atoms with Crippen LogP contribution in [0.1, 0.15) is 33.3 Å². The van der Waals surface area contributed by atoms with Crippen LogP contribution in [0.15, 0.2) is 60.9 Å². The fourth-order valence-corrected chi connectivity index (χ4v) is 3.86. The van der Waals surface area contributed by atoms with Crippen molar-refractivity contribution in [1.82, 2.24) is 9.38 Å². The van der Waals surface area contributed by atoms with Crippen molar-refractivity contribution in [1.29, 1.82) is 0 Å². The second kappa shape index (κ2) is 8.64. The van der Waals surface area contributed by atoms with Gasteiger partial charge in [-0.15, -0.1) is 0 Å². The Morgan fingerprint density at radius 1 is 0.871 bits per heavy atom. The number of aryl methyl sites for hydroxylation is 1. The molecular formula is C26H27ClN2O2. The van der Waals surface area contributed by atoms with Crippen LogP contribution in [0.25, 0.3) is 28.0 Å². The van der Waals surface area contributed by atoms with E-state index in [-0.39, 0.29) is 12.2 Å². The molecule has 0 fully saturated rings. The molecule has 2 aromatic heterocycles. The predicted molar refractivity (Wildman–Crippen MR) is 127 cm³/mol. The lowest BCUT2D eigenvalue weighted by atomic mass is 10.0. The van der Waals surface area contributed by atoms with Gasteiger partial charge in [-0.25, -0.2) is 4.98 Å². The fourth-order valence-electron chi connectivity index (χ4n) is 3.63. The van der Waals surface area contributed by atoms with Gasteiger partial charge in [-0.05, 0) is 88.2 Å². The molecule has 0 aliphatic carbocycles. The number of ether oxygens (including phenoxy) is 2. The van der Waals surface area contributed by atoms with Crippen molar-refractivity contribution in [2.75, 3.05) is 0 Å². The van der Waals surface area contributed by atoms with E-state index in [9.17, 15) is 0 Å². The molecule has 4 nitrogen and oxygen atoms in total. The van der Waals surface area contributed by atoms with Crippen LogP contribution in [0.3, 0.4) is 0 Å². The van der Waals surface area contributed by atoms with Gasteiger partial charge in [-0.1, -0.05) is 17.7 Å². The molecule has 0 aliphatic rings. The highest BCUT2D eigenvalue weighted by atomic mass is 35.5. The first-order valence-corrected chi connectivity index (χ1v) is 10.9. The molecule has 0 spiro atoms. The van der Waals surface area contributed by atoms with Crippen molar-refractivity contribution in [3.8, 4) is 33.9 Å². The quantitative estimate of drug-likeness (QED) is 0.321. The number of hydrogen-bond acceptors (Lipinski definition) is 3. The molecule has 4 rings (SSSR count). The molecule has 0 unspecified atom stereocenters. The minimum atomic E-state index is 0.0762. The average molecular weight is 435 g/mol. The van der Waals surface area contributed by atoms with Gasteiger partial charge in [0.2, 0.25) is 0 Å². The maximum Gasteiger partial charge on any atom is 0.138 e. The molecule has 2 aromatic carbocycles. The van der Waals surface area contributed by atoms with Gasteiger partial charge in [0.1, 0.15) is 17.1 Å². The zero-order valence-electron chi connectivity index (χ0n) is 18.5. The number of rotatable bonds is 6. The smallest absolute Gasteiger partial charge is 0.138 e. The summed E-state index contributed by atoms with van der Waals surface area (Å²) in [6.45, 7) is 10.1. The van der Waals surface area contributed by atoms with Crippen LogP contribution in [-0.4, -0.2) is 21.6 Å². The third kappa shape index (κ3) is 4.54. The molecule has 0 N–H and O–H groups in total. The normalized spacial score (nSPS) is 11.5. The van der Waals surface area contributed by atoms with E-state index in [1.54, 1.807) is 0 Å². The summed E-state index contributed by atoms with van der Waals surface area (Å²) in [4.78, 5) is 4.61. The molecule has 0 bridgehead atoms. The molecule has 0 amide bonds. The Hall–Kier alpha value is -2.98. The highest BCUT2D eigenvalue weighted by Gasteiger charge is 2.13. The average Bonchev–Trinajstić information content (AvgIpc) is 3.11. The number of fused-ring (bicyclic) bond motifs is 1. The number of benzene rings is 2. The Kier molecular flexibility index (Phi) is 5.92. The van der Waals surface area contributed by atoms with E-state index in [2.05, 4.69) is 40.7 Å². The molecule has 0 saturated heterocycles. The van der Waals surface area contributed by atoms with Gasteiger partial charge in [0.05, 0.1) is 29.1 Å². The number of aromatic nitrogens is 2. The van der Waals surface area contributed by atoms with Gasteiger partial charge in [0.25, 0.3) is 0 Å². The third-order valence-corrected chi connectivity index (χ3v) is 5.28. The predicted octanol–water partition coefficient (Wildman–Crippen LogP) is 7.20. The zero-order chi connectivity index (χ0) is 22.1. The van der Waals surface area contributed by atoms with E-state index >= 15 is 0 Å². The lowest BCUT2D eigenvalue weighted by Gasteiger charge is -2.14. The van der Waals surface area contributed by atoms with Crippen molar-refractivity contribution in [3.05, 3.63) is 71.5 Å². The molecule has 4 aromatic rings. The minimum absolute atomic E-state index is 0.0762.